The Bertz CT molecular complexity index is 938. The van der Waals surface area contributed by atoms with Crippen molar-refractivity contribution >= 4 is 28.7 Å². The van der Waals surface area contributed by atoms with Gasteiger partial charge in [0.1, 0.15) is 17.3 Å². The second-order valence-corrected chi connectivity index (χ2v) is 6.08. The van der Waals surface area contributed by atoms with Gasteiger partial charge in [0, 0.05) is 31.7 Å². The molecule has 1 aromatic heterocycles. The quantitative estimate of drug-likeness (QED) is 0.700. The van der Waals surface area contributed by atoms with E-state index in [1.807, 2.05) is 31.1 Å². The number of para-hydroxylation sites is 1. The molecule has 0 aliphatic carbocycles. The molecule has 0 atom stereocenters. The molecule has 0 aliphatic heterocycles. The molecule has 0 radical (unpaired) electrons. The van der Waals surface area contributed by atoms with Gasteiger partial charge in [-0.05, 0) is 42.5 Å². The molecule has 27 heavy (non-hydrogen) atoms. The van der Waals surface area contributed by atoms with Crippen molar-refractivity contribution in [3.8, 4) is 0 Å². The van der Waals surface area contributed by atoms with Crippen molar-refractivity contribution in [1.29, 1.82) is 0 Å². The zero-order chi connectivity index (χ0) is 19.4. The van der Waals surface area contributed by atoms with Crippen molar-refractivity contribution in [2.45, 2.75) is 0 Å². The minimum atomic E-state index is -0.731. The van der Waals surface area contributed by atoms with Crippen molar-refractivity contribution < 1.29 is 13.6 Å². The molecule has 7 heteroatoms. The number of nitrogens with zero attached hydrogens (tertiary/aromatic N) is 2. The highest BCUT2D eigenvalue weighted by atomic mass is 19.1. The maximum Gasteiger partial charge on any atom is 0.257 e. The van der Waals surface area contributed by atoms with Gasteiger partial charge in [-0.15, -0.1) is 0 Å². The number of benzene rings is 2. The summed E-state index contributed by atoms with van der Waals surface area (Å²) in [5.41, 5.74) is 1.90. The van der Waals surface area contributed by atoms with E-state index in [1.54, 1.807) is 12.1 Å². The summed E-state index contributed by atoms with van der Waals surface area (Å²) < 4.78 is 27.5. The van der Waals surface area contributed by atoms with Gasteiger partial charge in [-0.25, -0.2) is 8.78 Å². The first-order valence-corrected chi connectivity index (χ1v) is 8.19. The van der Waals surface area contributed by atoms with Gasteiger partial charge in [-0.2, -0.15) is 0 Å². The van der Waals surface area contributed by atoms with Crippen LogP contribution in [0.5, 0.6) is 0 Å². The van der Waals surface area contributed by atoms with Gasteiger partial charge < -0.3 is 15.5 Å². The fourth-order valence-electron chi connectivity index (χ4n) is 2.44. The number of hydrogen-bond acceptors (Lipinski definition) is 4. The van der Waals surface area contributed by atoms with Crippen LogP contribution in [-0.2, 0) is 0 Å². The predicted molar refractivity (Wildman–Crippen MR) is 103 cm³/mol. The molecule has 1 amide bonds. The number of nitrogens with one attached hydrogen (secondary N) is 2. The van der Waals surface area contributed by atoms with Crippen LogP contribution < -0.4 is 15.5 Å². The number of carbonyl (C=O) groups is 1. The van der Waals surface area contributed by atoms with E-state index in [9.17, 15) is 13.6 Å². The average Bonchev–Trinajstić information content (AvgIpc) is 2.65. The highest BCUT2D eigenvalue weighted by Gasteiger charge is 2.11. The van der Waals surface area contributed by atoms with E-state index in [1.165, 1.54) is 24.5 Å². The van der Waals surface area contributed by atoms with E-state index in [4.69, 9.17) is 0 Å². The van der Waals surface area contributed by atoms with Crippen molar-refractivity contribution in [2.24, 2.45) is 0 Å². The van der Waals surface area contributed by atoms with E-state index in [0.29, 0.717) is 11.4 Å². The third-order valence-electron chi connectivity index (χ3n) is 3.87. The lowest BCUT2D eigenvalue weighted by molar-refractivity contribution is 0.102. The minimum absolute atomic E-state index is 0.258. The molecule has 0 spiro atoms. The lowest BCUT2D eigenvalue weighted by Crippen LogP contribution is -2.13. The van der Waals surface area contributed by atoms with Gasteiger partial charge in [0.25, 0.3) is 5.91 Å². The highest BCUT2D eigenvalue weighted by molar-refractivity contribution is 6.04. The van der Waals surface area contributed by atoms with Crippen LogP contribution in [0.25, 0.3) is 0 Å². The van der Waals surface area contributed by atoms with Gasteiger partial charge in [-0.3, -0.25) is 9.78 Å². The Balaban J connectivity index is 1.75. The lowest BCUT2D eigenvalue weighted by atomic mass is 10.2. The van der Waals surface area contributed by atoms with Crippen molar-refractivity contribution in [3.63, 3.8) is 0 Å². The molecule has 0 unspecified atom stereocenters. The molecule has 138 valence electrons. The standard InChI is InChI=1S/C20H18F2N4O/c1-26(2)16-8-6-14(7-9-16)25-20(27)13-10-15(12-23-11-13)24-19-17(21)4-3-5-18(19)22/h3-12,24H,1-2H3,(H,25,27). The van der Waals surface area contributed by atoms with Crippen LogP contribution in [0.4, 0.5) is 31.5 Å². The van der Waals surface area contributed by atoms with Crippen LogP contribution in [-0.4, -0.2) is 25.0 Å². The molecule has 3 aromatic rings. The first kappa shape index (κ1) is 18.3. The van der Waals surface area contributed by atoms with Crippen LogP contribution in [0.3, 0.4) is 0 Å². The van der Waals surface area contributed by atoms with Crippen LogP contribution in [0, 0.1) is 11.6 Å². The lowest BCUT2D eigenvalue weighted by Gasteiger charge is -2.13. The Morgan fingerprint density at radius 1 is 0.963 bits per heavy atom. The normalized spacial score (nSPS) is 10.4. The van der Waals surface area contributed by atoms with Crippen molar-refractivity contribution in [2.75, 3.05) is 29.6 Å². The molecule has 2 aromatic carbocycles. The molecule has 0 bridgehead atoms. The van der Waals surface area contributed by atoms with E-state index < -0.39 is 11.6 Å². The number of halogens is 2. The number of anilines is 4. The Morgan fingerprint density at radius 3 is 2.26 bits per heavy atom. The number of pyridine rings is 1. The SMILES string of the molecule is CN(C)c1ccc(NC(=O)c2cncc(Nc3c(F)cccc3F)c2)cc1. The van der Waals surface area contributed by atoms with Gasteiger partial charge >= 0.3 is 0 Å². The van der Waals surface area contributed by atoms with Crippen LogP contribution >= 0.6 is 0 Å². The molecule has 0 saturated heterocycles. The molecule has 2 N–H and O–H groups in total. The summed E-state index contributed by atoms with van der Waals surface area (Å²) in [6.07, 6.45) is 2.76. The monoisotopic (exact) mass is 368 g/mol. The van der Waals surface area contributed by atoms with Gasteiger partial charge in [0.05, 0.1) is 17.4 Å². The fraction of sp³-hybridized carbons (Fsp3) is 0.100. The van der Waals surface area contributed by atoms with Crippen LogP contribution in [0.2, 0.25) is 0 Å². The topological polar surface area (TPSA) is 57.3 Å². The summed E-state index contributed by atoms with van der Waals surface area (Å²) in [5, 5.41) is 5.39. The second-order valence-electron chi connectivity index (χ2n) is 6.08. The van der Waals surface area contributed by atoms with Gasteiger partial charge in [0.15, 0.2) is 0 Å². The summed E-state index contributed by atoms with van der Waals surface area (Å²) in [4.78, 5) is 18.4. The zero-order valence-electron chi connectivity index (χ0n) is 14.8. The Kier molecular flexibility index (Phi) is 5.30. The number of amides is 1. The maximum atomic E-state index is 13.8. The summed E-state index contributed by atoms with van der Waals surface area (Å²) in [6.45, 7) is 0. The van der Waals surface area contributed by atoms with Crippen molar-refractivity contribution in [1.82, 2.24) is 4.98 Å². The number of rotatable bonds is 5. The number of hydrogen-bond donors (Lipinski definition) is 2. The Labute approximate surface area is 155 Å². The molecule has 1 heterocycles. The van der Waals surface area contributed by atoms with E-state index in [-0.39, 0.29) is 17.2 Å². The predicted octanol–water partition coefficient (Wildman–Crippen LogP) is 4.42. The molecule has 5 nitrogen and oxygen atoms in total. The molecule has 0 aliphatic rings. The molecule has 3 rings (SSSR count). The van der Waals surface area contributed by atoms with Crippen LogP contribution in [0.1, 0.15) is 10.4 Å². The molecular weight excluding hydrogens is 350 g/mol. The van der Waals surface area contributed by atoms with Gasteiger partial charge in [0.2, 0.25) is 0 Å². The van der Waals surface area contributed by atoms with Crippen molar-refractivity contribution in [3.05, 3.63) is 78.1 Å². The fourth-order valence-corrected chi connectivity index (χ4v) is 2.44. The maximum absolute atomic E-state index is 13.8. The largest absolute Gasteiger partial charge is 0.378 e. The first-order valence-electron chi connectivity index (χ1n) is 8.19. The third kappa shape index (κ3) is 4.38. The van der Waals surface area contributed by atoms with E-state index in [0.717, 1.165) is 17.8 Å². The summed E-state index contributed by atoms with van der Waals surface area (Å²) in [6, 6.07) is 12.4. The van der Waals surface area contributed by atoms with Gasteiger partial charge in [-0.1, -0.05) is 6.07 Å². The Morgan fingerprint density at radius 2 is 1.63 bits per heavy atom. The number of carbonyl (C=O) groups excluding carboxylic acids is 1. The Hall–Kier alpha value is -3.48. The minimum Gasteiger partial charge on any atom is -0.378 e. The molecule has 0 saturated carbocycles. The highest BCUT2D eigenvalue weighted by Crippen LogP contribution is 2.23. The second kappa shape index (κ2) is 7.82. The molecular formula is C20H18F2N4O. The summed E-state index contributed by atoms with van der Waals surface area (Å²) >= 11 is 0. The third-order valence-corrected chi connectivity index (χ3v) is 3.87. The smallest absolute Gasteiger partial charge is 0.257 e. The first-order chi connectivity index (χ1) is 12.9. The summed E-state index contributed by atoms with van der Waals surface area (Å²) in [7, 11) is 3.85. The van der Waals surface area contributed by atoms with Crippen LogP contribution in [0.15, 0.2) is 60.9 Å². The average molecular weight is 368 g/mol. The number of aromatic nitrogens is 1. The summed E-state index contributed by atoms with van der Waals surface area (Å²) in [5.74, 6) is -1.84. The van der Waals surface area contributed by atoms with E-state index >= 15 is 0 Å². The molecule has 0 fully saturated rings. The zero-order valence-corrected chi connectivity index (χ0v) is 14.8. The van der Waals surface area contributed by atoms with E-state index in [2.05, 4.69) is 15.6 Å².